The molecule has 6 nitrogen and oxygen atoms in total. The van der Waals surface area contributed by atoms with E-state index in [1.165, 1.54) is 6.07 Å². The topological polar surface area (TPSA) is 63.1 Å². The number of nitrogens with one attached hydrogen (secondary N) is 1. The molecule has 0 radical (unpaired) electrons. The molecule has 0 aliphatic carbocycles. The number of carbonyl (C=O) groups excluding carboxylic acids is 1. The summed E-state index contributed by atoms with van der Waals surface area (Å²) in [5.74, 6) is -0.204. The summed E-state index contributed by atoms with van der Waals surface area (Å²) in [6.07, 6.45) is 5.55. The van der Waals surface area contributed by atoms with Crippen LogP contribution in [0, 0.1) is 5.82 Å². The Hall–Kier alpha value is -2.74. The van der Waals surface area contributed by atoms with Gasteiger partial charge in [-0.25, -0.2) is 14.1 Å². The number of carbonyl (C=O) groups is 1. The molecule has 27 heavy (non-hydrogen) atoms. The first kappa shape index (κ1) is 17.7. The summed E-state index contributed by atoms with van der Waals surface area (Å²) in [7, 11) is 0. The number of pyridine rings is 1. The lowest BCUT2D eigenvalue weighted by atomic mass is 10.2. The highest BCUT2D eigenvalue weighted by molar-refractivity contribution is 9.10. The summed E-state index contributed by atoms with van der Waals surface area (Å²) in [6.45, 7) is 1.18. The molecule has 3 heterocycles. The SMILES string of the molecule is O=C(NC1CCN(c2ncccc2F)C1)c1cnn(-c2ccc(Br)cc2)c1. The number of anilines is 1. The van der Waals surface area contributed by atoms with E-state index in [4.69, 9.17) is 0 Å². The Morgan fingerprint density at radius 1 is 1.26 bits per heavy atom. The van der Waals surface area contributed by atoms with Gasteiger partial charge in [-0.05, 0) is 42.8 Å². The Morgan fingerprint density at radius 3 is 2.85 bits per heavy atom. The first-order valence-corrected chi connectivity index (χ1v) is 9.36. The van der Waals surface area contributed by atoms with Crippen molar-refractivity contribution in [3.05, 3.63) is 70.8 Å². The van der Waals surface area contributed by atoms with Gasteiger partial charge in [0.25, 0.3) is 5.91 Å². The van der Waals surface area contributed by atoms with Crippen LogP contribution in [0.2, 0.25) is 0 Å². The molecule has 3 aromatic rings. The summed E-state index contributed by atoms with van der Waals surface area (Å²) >= 11 is 3.40. The van der Waals surface area contributed by atoms with Crippen LogP contribution in [0.15, 0.2) is 59.5 Å². The first-order chi connectivity index (χ1) is 13.1. The lowest BCUT2D eigenvalue weighted by Crippen LogP contribution is -2.37. The minimum atomic E-state index is -0.347. The van der Waals surface area contributed by atoms with Crippen LogP contribution < -0.4 is 10.2 Å². The standard InChI is InChI=1S/C19H17BrFN5O/c20-14-3-5-16(6-4-14)26-11-13(10-23-26)19(27)24-15-7-9-25(12-15)18-17(21)2-1-8-22-18/h1-6,8,10-11,15H,7,9,12H2,(H,24,27). The second-order valence-corrected chi connectivity index (χ2v) is 7.28. The lowest BCUT2D eigenvalue weighted by Gasteiger charge is -2.18. The average Bonchev–Trinajstić information content (AvgIpc) is 3.33. The van der Waals surface area contributed by atoms with Crippen LogP contribution in [0.3, 0.4) is 0 Å². The molecule has 1 aromatic carbocycles. The van der Waals surface area contributed by atoms with Crippen molar-refractivity contribution >= 4 is 27.7 Å². The van der Waals surface area contributed by atoms with Gasteiger partial charge in [0.15, 0.2) is 11.6 Å². The Bertz CT molecular complexity index is 959. The summed E-state index contributed by atoms with van der Waals surface area (Å²) in [5, 5.41) is 7.25. The molecule has 1 fully saturated rings. The van der Waals surface area contributed by atoms with Gasteiger partial charge in [0.05, 0.1) is 17.4 Å². The maximum absolute atomic E-state index is 13.9. The number of amides is 1. The van der Waals surface area contributed by atoms with Crippen molar-refractivity contribution in [2.75, 3.05) is 18.0 Å². The van der Waals surface area contributed by atoms with E-state index >= 15 is 0 Å². The van der Waals surface area contributed by atoms with E-state index in [9.17, 15) is 9.18 Å². The normalized spacial score (nSPS) is 16.5. The number of rotatable bonds is 4. The monoisotopic (exact) mass is 429 g/mol. The maximum atomic E-state index is 13.9. The molecule has 0 bridgehead atoms. The second-order valence-electron chi connectivity index (χ2n) is 6.36. The molecule has 1 atom stereocenters. The number of aromatic nitrogens is 3. The van der Waals surface area contributed by atoms with Crippen molar-refractivity contribution in [2.45, 2.75) is 12.5 Å². The molecule has 0 saturated carbocycles. The van der Waals surface area contributed by atoms with Crippen LogP contribution in [0.4, 0.5) is 10.2 Å². The van der Waals surface area contributed by atoms with Gasteiger partial charge in [-0.3, -0.25) is 4.79 Å². The molecule has 0 spiro atoms. The third-order valence-electron chi connectivity index (χ3n) is 4.50. The maximum Gasteiger partial charge on any atom is 0.254 e. The van der Waals surface area contributed by atoms with E-state index < -0.39 is 0 Å². The van der Waals surface area contributed by atoms with Gasteiger partial charge in [0, 0.05) is 36.0 Å². The fraction of sp³-hybridized carbons (Fsp3) is 0.211. The second kappa shape index (κ2) is 7.48. The van der Waals surface area contributed by atoms with Crippen LogP contribution in [-0.2, 0) is 0 Å². The van der Waals surface area contributed by atoms with Crippen LogP contribution in [0.1, 0.15) is 16.8 Å². The summed E-state index contributed by atoms with van der Waals surface area (Å²) < 4.78 is 16.5. The molecule has 1 aliphatic heterocycles. The zero-order valence-electron chi connectivity index (χ0n) is 14.3. The van der Waals surface area contributed by atoms with E-state index in [0.29, 0.717) is 24.5 Å². The van der Waals surface area contributed by atoms with Gasteiger partial charge in [-0.1, -0.05) is 15.9 Å². The van der Waals surface area contributed by atoms with Gasteiger partial charge >= 0.3 is 0 Å². The summed E-state index contributed by atoms with van der Waals surface area (Å²) in [5.41, 5.74) is 1.36. The molecule has 1 N–H and O–H groups in total. The highest BCUT2D eigenvalue weighted by Gasteiger charge is 2.27. The average molecular weight is 430 g/mol. The Balaban J connectivity index is 1.40. The highest BCUT2D eigenvalue weighted by Crippen LogP contribution is 2.21. The molecule has 8 heteroatoms. The van der Waals surface area contributed by atoms with Crippen LogP contribution in [0.5, 0.6) is 0 Å². The van der Waals surface area contributed by atoms with Crippen LogP contribution >= 0.6 is 15.9 Å². The quantitative estimate of drug-likeness (QED) is 0.691. The van der Waals surface area contributed by atoms with Crippen molar-refractivity contribution in [3.8, 4) is 5.69 Å². The van der Waals surface area contributed by atoms with Gasteiger partial charge in [-0.15, -0.1) is 0 Å². The molecule has 138 valence electrons. The number of hydrogen-bond acceptors (Lipinski definition) is 4. The van der Waals surface area contributed by atoms with Gasteiger partial charge in [0.2, 0.25) is 0 Å². The van der Waals surface area contributed by atoms with E-state index in [1.807, 2.05) is 29.2 Å². The van der Waals surface area contributed by atoms with Crippen molar-refractivity contribution in [1.29, 1.82) is 0 Å². The van der Waals surface area contributed by atoms with Crippen LogP contribution in [-0.4, -0.2) is 39.8 Å². The molecule has 1 aliphatic rings. The molecule has 1 saturated heterocycles. The first-order valence-electron chi connectivity index (χ1n) is 8.57. The van der Waals surface area contributed by atoms with Crippen molar-refractivity contribution < 1.29 is 9.18 Å². The third kappa shape index (κ3) is 3.85. The molecule has 1 unspecified atom stereocenters. The molecule has 1 amide bonds. The van der Waals surface area contributed by atoms with Gasteiger partial charge in [-0.2, -0.15) is 5.10 Å². The predicted octanol–water partition coefficient (Wildman–Crippen LogP) is 3.18. The number of benzene rings is 1. The molecular weight excluding hydrogens is 413 g/mol. The minimum Gasteiger partial charge on any atom is -0.352 e. The van der Waals surface area contributed by atoms with Crippen molar-refractivity contribution in [2.24, 2.45) is 0 Å². The van der Waals surface area contributed by atoms with Gasteiger partial charge < -0.3 is 10.2 Å². The van der Waals surface area contributed by atoms with E-state index in [-0.39, 0.29) is 17.8 Å². The highest BCUT2D eigenvalue weighted by atomic mass is 79.9. The van der Waals surface area contributed by atoms with E-state index in [2.05, 4.69) is 31.3 Å². The van der Waals surface area contributed by atoms with Crippen molar-refractivity contribution in [1.82, 2.24) is 20.1 Å². The van der Waals surface area contributed by atoms with Crippen LogP contribution in [0.25, 0.3) is 5.69 Å². The predicted molar refractivity (Wildman–Crippen MR) is 104 cm³/mol. The third-order valence-corrected chi connectivity index (χ3v) is 5.03. The Kier molecular flexibility index (Phi) is 4.89. The molecule has 4 rings (SSSR count). The van der Waals surface area contributed by atoms with Crippen molar-refractivity contribution in [3.63, 3.8) is 0 Å². The molecule has 2 aromatic heterocycles. The number of nitrogens with zero attached hydrogens (tertiary/aromatic N) is 4. The largest absolute Gasteiger partial charge is 0.352 e. The minimum absolute atomic E-state index is 0.0602. The fourth-order valence-corrected chi connectivity index (χ4v) is 3.39. The zero-order valence-corrected chi connectivity index (χ0v) is 15.9. The summed E-state index contributed by atoms with van der Waals surface area (Å²) in [6, 6.07) is 10.6. The molecular formula is C19H17BrFN5O. The van der Waals surface area contributed by atoms with Gasteiger partial charge in [0.1, 0.15) is 0 Å². The van der Waals surface area contributed by atoms with E-state index in [0.717, 1.165) is 16.6 Å². The Morgan fingerprint density at radius 2 is 2.07 bits per heavy atom. The fourth-order valence-electron chi connectivity index (χ4n) is 3.12. The zero-order chi connectivity index (χ0) is 18.8. The smallest absolute Gasteiger partial charge is 0.254 e. The summed E-state index contributed by atoms with van der Waals surface area (Å²) in [4.78, 5) is 18.5. The Labute approximate surface area is 164 Å². The van der Waals surface area contributed by atoms with E-state index in [1.54, 1.807) is 29.3 Å². The lowest BCUT2D eigenvalue weighted by molar-refractivity contribution is 0.0940. The number of halogens is 2. The number of hydrogen-bond donors (Lipinski definition) is 1.